The summed E-state index contributed by atoms with van der Waals surface area (Å²) in [6, 6.07) is 13.9. The minimum Gasteiger partial charge on any atom is -0.468 e. The van der Waals surface area contributed by atoms with E-state index in [2.05, 4.69) is 18.8 Å². The van der Waals surface area contributed by atoms with Crippen LogP contribution in [-0.2, 0) is 0 Å². The largest absolute Gasteiger partial charge is 0.468 e. The van der Waals surface area contributed by atoms with E-state index in [1.165, 1.54) is 0 Å². The monoisotopic (exact) mass is 210 g/mol. The third-order valence-corrected chi connectivity index (χ3v) is 2.46. The maximum Gasteiger partial charge on any atom is 0.118 e. The van der Waals surface area contributed by atoms with Crippen molar-refractivity contribution < 1.29 is 4.42 Å². The summed E-state index contributed by atoms with van der Waals surface area (Å²) in [7, 11) is 0. The van der Waals surface area contributed by atoms with E-state index in [1.54, 1.807) is 6.26 Å². The second-order valence-corrected chi connectivity index (χ2v) is 3.61. The maximum atomic E-state index is 5.37. The van der Waals surface area contributed by atoms with Gasteiger partial charge in [-0.1, -0.05) is 37.0 Å². The van der Waals surface area contributed by atoms with Gasteiger partial charge in [-0.3, -0.25) is 0 Å². The van der Waals surface area contributed by atoms with E-state index < -0.39 is 0 Å². The van der Waals surface area contributed by atoms with Crippen molar-refractivity contribution in [3.05, 3.63) is 60.1 Å². The zero-order chi connectivity index (χ0) is 11.2. The van der Waals surface area contributed by atoms with Gasteiger partial charge in [-0.2, -0.15) is 0 Å². The molecule has 2 rings (SSSR count). The number of furan rings is 1. The van der Waals surface area contributed by atoms with E-state index in [4.69, 9.17) is 4.42 Å². The van der Waals surface area contributed by atoms with Crippen LogP contribution in [0.1, 0.15) is 30.6 Å². The summed E-state index contributed by atoms with van der Waals surface area (Å²) in [5, 5.41) is 0. The first-order valence-corrected chi connectivity index (χ1v) is 5.50. The highest BCUT2D eigenvalue weighted by atomic mass is 16.3. The van der Waals surface area contributed by atoms with Crippen molar-refractivity contribution in [3.8, 4) is 11.8 Å². The van der Waals surface area contributed by atoms with Crippen molar-refractivity contribution in [1.82, 2.24) is 0 Å². The standard InChI is InChI=1S/C15H14O/c1-2-14(15-9-6-12-16-15)11-10-13-7-4-3-5-8-13/h3-9,12,14H,2H2,1H3/t14-/m1/s1. The van der Waals surface area contributed by atoms with Crippen molar-refractivity contribution in [1.29, 1.82) is 0 Å². The van der Waals surface area contributed by atoms with Gasteiger partial charge >= 0.3 is 0 Å². The molecule has 1 heteroatoms. The third-order valence-electron chi connectivity index (χ3n) is 2.46. The molecule has 1 atom stereocenters. The average molecular weight is 210 g/mol. The zero-order valence-corrected chi connectivity index (χ0v) is 9.31. The fourth-order valence-corrected chi connectivity index (χ4v) is 1.56. The third kappa shape index (κ3) is 2.55. The minimum atomic E-state index is 0.190. The molecule has 2 aromatic rings. The zero-order valence-electron chi connectivity index (χ0n) is 9.31. The highest BCUT2D eigenvalue weighted by molar-refractivity contribution is 5.36. The van der Waals surface area contributed by atoms with Gasteiger partial charge in [-0.05, 0) is 30.7 Å². The van der Waals surface area contributed by atoms with Crippen LogP contribution in [0.15, 0.2) is 53.1 Å². The van der Waals surface area contributed by atoms with Crippen molar-refractivity contribution in [2.45, 2.75) is 19.3 Å². The van der Waals surface area contributed by atoms with Gasteiger partial charge in [0, 0.05) is 5.56 Å². The molecule has 0 aliphatic carbocycles. The molecule has 1 aromatic heterocycles. The van der Waals surface area contributed by atoms with Crippen LogP contribution in [0.4, 0.5) is 0 Å². The fraction of sp³-hybridized carbons (Fsp3) is 0.200. The lowest BCUT2D eigenvalue weighted by molar-refractivity contribution is 0.490. The van der Waals surface area contributed by atoms with Gasteiger partial charge in [0.1, 0.15) is 5.76 Å². The van der Waals surface area contributed by atoms with Gasteiger partial charge in [0.25, 0.3) is 0 Å². The molecule has 80 valence electrons. The van der Waals surface area contributed by atoms with Crippen LogP contribution in [0.2, 0.25) is 0 Å². The molecule has 0 radical (unpaired) electrons. The molecule has 0 saturated heterocycles. The molecule has 1 nitrogen and oxygen atoms in total. The van der Waals surface area contributed by atoms with Crippen LogP contribution in [0.3, 0.4) is 0 Å². The lowest BCUT2D eigenvalue weighted by Gasteiger charge is -2.02. The highest BCUT2D eigenvalue weighted by Gasteiger charge is 2.07. The molecule has 0 unspecified atom stereocenters. The van der Waals surface area contributed by atoms with Crippen molar-refractivity contribution in [3.63, 3.8) is 0 Å². The smallest absolute Gasteiger partial charge is 0.118 e. The Hall–Kier alpha value is -1.94. The molecular weight excluding hydrogens is 196 g/mol. The Labute approximate surface area is 96.1 Å². The molecule has 0 bridgehead atoms. The summed E-state index contributed by atoms with van der Waals surface area (Å²) in [6.45, 7) is 2.12. The number of hydrogen-bond donors (Lipinski definition) is 0. The summed E-state index contributed by atoms with van der Waals surface area (Å²) < 4.78 is 5.37. The Bertz CT molecular complexity index is 471. The van der Waals surface area contributed by atoms with Gasteiger partial charge in [0.15, 0.2) is 0 Å². The molecule has 1 aromatic carbocycles. The van der Waals surface area contributed by atoms with Crippen LogP contribution in [-0.4, -0.2) is 0 Å². The first-order valence-electron chi connectivity index (χ1n) is 5.50. The van der Waals surface area contributed by atoms with E-state index in [9.17, 15) is 0 Å². The predicted molar refractivity (Wildman–Crippen MR) is 65.1 cm³/mol. The Morgan fingerprint density at radius 1 is 1.12 bits per heavy atom. The summed E-state index contributed by atoms with van der Waals surface area (Å²) in [5.74, 6) is 7.56. The van der Waals surface area contributed by atoms with Crippen LogP contribution in [0.5, 0.6) is 0 Å². The van der Waals surface area contributed by atoms with Crippen molar-refractivity contribution in [2.24, 2.45) is 0 Å². The molecule has 0 fully saturated rings. The molecule has 0 saturated carbocycles. The van der Waals surface area contributed by atoms with E-state index in [0.717, 1.165) is 17.7 Å². The Kier molecular flexibility index (Phi) is 3.46. The second-order valence-electron chi connectivity index (χ2n) is 3.61. The van der Waals surface area contributed by atoms with Crippen molar-refractivity contribution in [2.75, 3.05) is 0 Å². The molecule has 0 N–H and O–H groups in total. The molecule has 16 heavy (non-hydrogen) atoms. The second kappa shape index (κ2) is 5.23. The molecule has 0 aliphatic rings. The van der Waals surface area contributed by atoms with Crippen LogP contribution >= 0.6 is 0 Å². The van der Waals surface area contributed by atoms with E-state index in [-0.39, 0.29) is 5.92 Å². The Balaban J connectivity index is 2.17. The Morgan fingerprint density at radius 2 is 1.94 bits per heavy atom. The average Bonchev–Trinajstić information content (AvgIpc) is 2.85. The van der Waals surface area contributed by atoms with E-state index in [0.29, 0.717) is 0 Å². The first kappa shape index (κ1) is 10.6. The summed E-state index contributed by atoms with van der Waals surface area (Å²) >= 11 is 0. The molecule has 1 heterocycles. The quantitative estimate of drug-likeness (QED) is 0.687. The number of rotatable bonds is 2. The minimum absolute atomic E-state index is 0.190. The predicted octanol–water partition coefficient (Wildman–Crippen LogP) is 3.82. The van der Waals surface area contributed by atoms with Crippen LogP contribution in [0.25, 0.3) is 0 Å². The normalized spacial score (nSPS) is 11.6. The van der Waals surface area contributed by atoms with E-state index >= 15 is 0 Å². The molecule has 0 amide bonds. The Morgan fingerprint density at radius 3 is 2.56 bits per heavy atom. The van der Waals surface area contributed by atoms with Gasteiger partial charge in [-0.25, -0.2) is 0 Å². The molecule has 0 spiro atoms. The fourth-order valence-electron chi connectivity index (χ4n) is 1.56. The van der Waals surface area contributed by atoms with Gasteiger partial charge in [-0.15, -0.1) is 0 Å². The summed E-state index contributed by atoms with van der Waals surface area (Å²) in [6.07, 6.45) is 2.66. The number of hydrogen-bond acceptors (Lipinski definition) is 1. The van der Waals surface area contributed by atoms with Crippen LogP contribution < -0.4 is 0 Å². The lowest BCUT2D eigenvalue weighted by Crippen LogP contribution is -1.91. The van der Waals surface area contributed by atoms with Crippen LogP contribution in [0, 0.1) is 11.8 Å². The topological polar surface area (TPSA) is 13.1 Å². The first-order chi connectivity index (χ1) is 7.90. The molecule has 0 aliphatic heterocycles. The summed E-state index contributed by atoms with van der Waals surface area (Å²) in [5.41, 5.74) is 1.05. The molecular formula is C15H14O. The van der Waals surface area contributed by atoms with Gasteiger partial charge in [0.05, 0.1) is 12.2 Å². The van der Waals surface area contributed by atoms with E-state index in [1.807, 2.05) is 42.5 Å². The summed E-state index contributed by atoms with van der Waals surface area (Å²) in [4.78, 5) is 0. The number of benzene rings is 1. The van der Waals surface area contributed by atoms with Gasteiger partial charge in [0.2, 0.25) is 0 Å². The maximum absolute atomic E-state index is 5.37. The SMILES string of the molecule is CC[C@H](C#Cc1ccccc1)c1ccco1. The highest BCUT2D eigenvalue weighted by Crippen LogP contribution is 2.18. The van der Waals surface area contributed by atoms with Crippen molar-refractivity contribution >= 4 is 0 Å². The lowest BCUT2D eigenvalue weighted by atomic mass is 10.0. The van der Waals surface area contributed by atoms with Gasteiger partial charge < -0.3 is 4.42 Å².